The van der Waals surface area contributed by atoms with E-state index in [9.17, 15) is 4.79 Å². The van der Waals surface area contributed by atoms with E-state index in [0.717, 1.165) is 30.1 Å². The molecule has 1 N–H and O–H groups in total. The first-order valence-electron chi connectivity index (χ1n) is 8.71. The van der Waals surface area contributed by atoms with Crippen molar-refractivity contribution in [1.29, 1.82) is 0 Å². The molecule has 0 saturated heterocycles. The number of aromatic nitrogens is 1. The maximum absolute atomic E-state index is 12.1. The van der Waals surface area contributed by atoms with Crippen LogP contribution in [0.4, 0.5) is 0 Å². The van der Waals surface area contributed by atoms with Crippen LogP contribution in [0.2, 0.25) is 0 Å². The molecule has 0 unspecified atom stereocenters. The molecule has 24 heavy (non-hydrogen) atoms. The van der Waals surface area contributed by atoms with Crippen LogP contribution in [0, 0.1) is 0 Å². The molecule has 0 bridgehead atoms. The van der Waals surface area contributed by atoms with Gasteiger partial charge in [-0.1, -0.05) is 42.0 Å². The highest BCUT2D eigenvalue weighted by Gasteiger charge is 2.09. The second-order valence-corrected chi connectivity index (χ2v) is 7.22. The van der Waals surface area contributed by atoms with Crippen LogP contribution in [0.1, 0.15) is 48.4 Å². The largest absolute Gasteiger partial charge is 0.355 e. The van der Waals surface area contributed by atoms with E-state index in [1.807, 2.05) is 23.6 Å². The first-order valence-corrected chi connectivity index (χ1v) is 9.59. The van der Waals surface area contributed by atoms with E-state index in [1.165, 1.54) is 36.8 Å². The number of thiazole rings is 1. The third-order valence-corrected chi connectivity index (χ3v) is 5.19. The average molecular weight is 340 g/mol. The lowest BCUT2D eigenvalue weighted by Gasteiger charge is -2.12. The van der Waals surface area contributed by atoms with Gasteiger partial charge >= 0.3 is 0 Å². The number of hydrogen-bond donors (Lipinski definition) is 1. The number of carbonyl (C=O) groups excluding carboxylic acids is 1. The molecule has 1 aliphatic rings. The molecule has 1 aromatic carbocycles. The van der Waals surface area contributed by atoms with Gasteiger partial charge in [0.25, 0.3) is 0 Å². The summed E-state index contributed by atoms with van der Waals surface area (Å²) < 4.78 is 0. The predicted molar refractivity (Wildman–Crippen MR) is 99.2 cm³/mol. The van der Waals surface area contributed by atoms with Gasteiger partial charge in [0, 0.05) is 18.3 Å². The predicted octanol–water partition coefficient (Wildman–Crippen LogP) is 4.28. The smallest absolute Gasteiger partial charge is 0.226 e. The van der Waals surface area contributed by atoms with Gasteiger partial charge in [-0.25, -0.2) is 4.98 Å². The molecule has 1 heterocycles. The molecule has 4 heteroatoms. The Morgan fingerprint density at radius 3 is 2.88 bits per heavy atom. The van der Waals surface area contributed by atoms with Crippen molar-refractivity contribution < 1.29 is 4.79 Å². The first kappa shape index (κ1) is 16.9. The van der Waals surface area contributed by atoms with Crippen LogP contribution in [0.25, 0.3) is 0 Å². The molecule has 2 aromatic rings. The van der Waals surface area contributed by atoms with Gasteiger partial charge in [0.2, 0.25) is 5.91 Å². The summed E-state index contributed by atoms with van der Waals surface area (Å²) in [5, 5.41) is 6.09. The lowest BCUT2D eigenvalue weighted by atomic mass is 9.97. The molecule has 0 aliphatic heterocycles. The molecular weight excluding hydrogens is 316 g/mol. The van der Waals surface area contributed by atoms with Crippen molar-refractivity contribution >= 4 is 17.2 Å². The highest BCUT2D eigenvalue weighted by molar-refractivity contribution is 7.09. The number of benzene rings is 1. The Morgan fingerprint density at radius 1 is 1.21 bits per heavy atom. The van der Waals surface area contributed by atoms with Gasteiger partial charge in [0.1, 0.15) is 0 Å². The summed E-state index contributed by atoms with van der Waals surface area (Å²) >= 11 is 1.63. The highest BCUT2D eigenvalue weighted by atomic mass is 32.1. The average Bonchev–Trinajstić information content (AvgIpc) is 3.03. The Bertz CT molecular complexity index is 691. The summed E-state index contributed by atoms with van der Waals surface area (Å²) in [7, 11) is 0. The summed E-state index contributed by atoms with van der Waals surface area (Å²) in [6, 6.07) is 10.3. The number of amides is 1. The monoisotopic (exact) mass is 340 g/mol. The molecule has 1 aliphatic carbocycles. The normalized spacial score (nSPS) is 14.2. The van der Waals surface area contributed by atoms with Crippen molar-refractivity contribution in [3.8, 4) is 0 Å². The first-order chi connectivity index (χ1) is 11.8. The Labute approximate surface area is 147 Å². The fourth-order valence-corrected chi connectivity index (χ4v) is 3.83. The molecule has 126 valence electrons. The van der Waals surface area contributed by atoms with Gasteiger partial charge in [-0.2, -0.15) is 0 Å². The maximum Gasteiger partial charge on any atom is 0.226 e. The van der Waals surface area contributed by atoms with Crippen LogP contribution in [0.3, 0.4) is 0 Å². The fraction of sp³-hybridized carbons (Fsp3) is 0.400. The number of allylic oxidation sites excluding steroid dienone is 1. The number of carbonyl (C=O) groups is 1. The zero-order valence-electron chi connectivity index (χ0n) is 14.0. The minimum absolute atomic E-state index is 0.0722. The van der Waals surface area contributed by atoms with Gasteiger partial charge in [-0.05, 0) is 37.7 Å². The SMILES string of the molecule is O=C(Cc1csc(Cc2ccccc2)n1)NCCC1=CCCCC1. The molecule has 1 aromatic heterocycles. The van der Waals surface area contributed by atoms with Crippen molar-refractivity contribution in [2.24, 2.45) is 0 Å². The summed E-state index contributed by atoms with van der Waals surface area (Å²) in [5.41, 5.74) is 3.63. The third-order valence-electron chi connectivity index (χ3n) is 4.29. The minimum Gasteiger partial charge on any atom is -0.355 e. The van der Waals surface area contributed by atoms with E-state index < -0.39 is 0 Å². The van der Waals surface area contributed by atoms with E-state index in [2.05, 4.69) is 28.5 Å². The van der Waals surface area contributed by atoms with Crippen LogP contribution in [0.5, 0.6) is 0 Å². The van der Waals surface area contributed by atoms with Crippen LogP contribution < -0.4 is 5.32 Å². The zero-order chi connectivity index (χ0) is 16.6. The lowest BCUT2D eigenvalue weighted by Crippen LogP contribution is -2.26. The van der Waals surface area contributed by atoms with E-state index in [0.29, 0.717) is 6.42 Å². The number of hydrogen-bond acceptors (Lipinski definition) is 3. The van der Waals surface area contributed by atoms with Crippen molar-refractivity contribution in [2.45, 2.75) is 44.9 Å². The van der Waals surface area contributed by atoms with Gasteiger partial charge in [0.05, 0.1) is 17.1 Å². The summed E-state index contributed by atoms with van der Waals surface area (Å²) in [4.78, 5) is 16.6. The zero-order valence-corrected chi connectivity index (χ0v) is 14.8. The van der Waals surface area contributed by atoms with Gasteiger partial charge in [-0.3, -0.25) is 4.79 Å². The number of nitrogens with zero attached hydrogens (tertiary/aromatic N) is 1. The maximum atomic E-state index is 12.1. The second-order valence-electron chi connectivity index (χ2n) is 6.28. The molecule has 0 radical (unpaired) electrons. The number of nitrogens with one attached hydrogen (secondary N) is 1. The third kappa shape index (κ3) is 5.31. The van der Waals surface area contributed by atoms with Gasteiger partial charge in [0.15, 0.2) is 0 Å². The standard InChI is InChI=1S/C20H24N2OS/c23-19(21-12-11-16-7-3-1-4-8-16)14-18-15-24-20(22-18)13-17-9-5-2-6-10-17/h2,5-7,9-10,15H,1,3-4,8,11-14H2,(H,21,23). The molecule has 0 spiro atoms. The van der Waals surface area contributed by atoms with Crippen LogP contribution in [-0.2, 0) is 17.6 Å². The molecule has 0 fully saturated rings. The molecule has 1 amide bonds. The topological polar surface area (TPSA) is 42.0 Å². The number of rotatable bonds is 7. The summed E-state index contributed by atoms with van der Waals surface area (Å²) in [6.07, 6.45) is 9.55. The molecular formula is C20H24N2OS. The van der Waals surface area contributed by atoms with E-state index >= 15 is 0 Å². The molecule has 0 saturated carbocycles. The Hall–Kier alpha value is -1.94. The second kappa shape index (κ2) is 8.78. The Kier molecular flexibility index (Phi) is 6.19. The van der Waals surface area contributed by atoms with E-state index in [4.69, 9.17) is 0 Å². The summed E-state index contributed by atoms with van der Waals surface area (Å²) in [5.74, 6) is 0.0722. The van der Waals surface area contributed by atoms with Crippen molar-refractivity contribution in [3.63, 3.8) is 0 Å². The molecule has 0 atom stereocenters. The molecule has 3 rings (SSSR count). The molecule has 3 nitrogen and oxygen atoms in total. The van der Waals surface area contributed by atoms with Crippen molar-refractivity contribution in [2.75, 3.05) is 6.54 Å². The quantitative estimate of drug-likeness (QED) is 0.764. The lowest BCUT2D eigenvalue weighted by molar-refractivity contribution is -0.120. The van der Waals surface area contributed by atoms with E-state index in [-0.39, 0.29) is 5.91 Å². The van der Waals surface area contributed by atoms with Crippen molar-refractivity contribution in [3.05, 3.63) is 63.6 Å². The van der Waals surface area contributed by atoms with Crippen LogP contribution in [-0.4, -0.2) is 17.4 Å². The van der Waals surface area contributed by atoms with Crippen LogP contribution in [0.15, 0.2) is 47.4 Å². The minimum atomic E-state index is 0.0722. The Morgan fingerprint density at radius 2 is 2.08 bits per heavy atom. The van der Waals surface area contributed by atoms with E-state index in [1.54, 1.807) is 11.3 Å². The van der Waals surface area contributed by atoms with Gasteiger partial charge < -0.3 is 5.32 Å². The van der Waals surface area contributed by atoms with Crippen molar-refractivity contribution in [1.82, 2.24) is 10.3 Å². The van der Waals surface area contributed by atoms with Crippen LogP contribution >= 0.6 is 11.3 Å². The summed E-state index contributed by atoms with van der Waals surface area (Å²) in [6.45, 7) is 0.742. The Balaban J connectivity index is 1.42. The highest BCUT2D eigenvalue weighted by Crippen LogP contribution is 2.19. The fourth-order valence-electron chi connectivity index (χ4n) is 3.00. The van der Waals surface area contributed by atoms with Gasteiger partial charge in [-0.15, -0.1) is 11.3 Å².